The summed E-state index contributed by atoms with van der Waals surface area (Å²) in [5.74, 6) is -1.95. The predicted molar refractivity (Wildman–Crippen MR) is 141 cm³/mol. The van der Waals surface area contributed by atoms with E-state index in [0.717, 1.165) is 29.9 Å². The molecule has 1 aliphatic rings. The highest BCUT2D eigenvalue weighted by atomic mass is 19.4. The van der Waals surface area contributed by atoms with Gasteiger partial charge in [0.1, 0.15) is 0 Å². The summed E-state index contributed by atoms with van der Waals surface area (Å²) < 4.78 is 57.6. The lowest BCUT2D eigenvalue weighted by Gasteiger charge is -2.39. The van der Waals surface area contributed by atoms with E-state index < -0.39 is 35.2 Å². The van der Waals surface area contributed by atoms with E-state index in [1.54, 1.807) is 12.3 Å². The Kier molecular flexibility index (Phi) is 6.86. The summed E-state index contributed by atoms with van der Waals surface area (Å²) in [5.41, 5.74) is 1.77. The Bertz CT molecular complexity index is 1660. The quantitative estimate of drug-likeness (QED) is 0.255. The molecule has 0 saturated carbocycles. The third kappa shape index (κ3) is 4.70. The van der Waals surface area contributed by atoms with Crippen LogP contribution >= 0.6 is 0 Å². The first-order valence-corrected chi connectivity index (χ1v) is 12.5. The molecule has 4 heterocycles. The van der Waals surface area contributed by atoms with Crippen LogP contribution in [0.1, 0.15) is 17.3 Å². The van der Waals surface area contributed by atoms with Crippen molar-refractivity contribution in [1.29, 1.82) is 0 Å². The smallest absolute Gasteiger partial charge is 0.332 e. The second-order valence-corrected chi connectivity index (χ2v) is 10.0. The summed E-state index contributed by atoms with van der Waals surface area (Å²) in [4.78, 5) is 33.7. The normalized spacial score (nSPS) is 14.2. The molecule has 0 spiro atoms. The summed E-state index contributed by atoms with van der Waals surface area (Å²) in [6.07, 6.45) is -1.30. The Morgan fingerprint density at radius 3 is 2.40 bits per heavy atom. The highest BCUT2D eigenvalue weighted by Gasteiger charge is 2.37. The van der Waals surface area contributed by atoms with Crippen molar-refractivity contribution in [1.82, 2.24) is 33.7 Å². The van der Waals surface area contributed by atoms with Crippen LogP contribution in [0, 0.1) is 6.92 Å². The first-order valence-electron chi connectivity index (χ1n) is 12.5. The van der Waals surface area contributed by atoms with Gasteiger partial charge in [-0.05, 0) is 51.4 Å². The van der Waals surface area contributed by atoms with Crippen LogP contribution in [0.2, 0.25) is 0 Å². The van der Waals surface area contributed by atoms with Gasteiger partial charge >= 0.3 is 11.9 Å². The second kappa shape index (κ2) is 10.0. The van der Waals surface area contributed by atoms with E-state index in [9.17, 15) is 27.2 Å². The summed E-state index contributed by atoms with van der Waals surface area (Å²) in [6, 6.07) is 5.49. The molecule has 9 nitrogen and oxygen atoms in total. The first kappa shape index (κ1) is 27.3. The maximum absolute atomic E-state index is 13.9. The molecule has 0 radical (unpaired) electrons. The highest BCUT2D eigenvalue weighted by molar-refractivity contribution is 5.93. The minimum Gasteiger partial charge on any atom is -0.332 e. The number of alkyl halides is 3. The van der Waals surface area contributed by atoms with Gasteiger partial charge in [-0.3, -0.25) is 14.0 Å². The van der Waals surface area contributed by atoms with Gasteiger partial charge in [0.15, 0.2) is 11.5 Å². The zero-order valence-corrected chi connectivity index (χ0v) is 22.1. The van der Waals surface area contributed by atoms with Crippen LogP contribution in [0.15, 0.2) is 59.9 Å². The van der Waals surface area contributed by atoms with Crippen molar-refractivity contribution < 1.29 is 22.4 Å². The number of likely N-dealkylation sites (N-methyl/N-ethyl adjacent to an activating group) is 1. The second-order valence-electron chi connectivity index (χ2n) is 10.0. The Balaban J connectivity index is 1.68. The standard InChI is InChI=1S/C27H27F4N7O2/c1-16(28)25(39)35-14-20(15-35)37-23-21(22-13-33-36(17(22)2)12-11-34(3)4)9-10-32-24(23)38(26(37)40)19-7-5-18(6-8-19)27(29,30)31/h5-10,13,20H,1,11-12,14-15H2,2-4H3. The highest BCUT2D eigenvalue weighted by Crippen LogP contribution is 2.35. The molecule has 0 aliphatic carbocycles. The van der Waals surface area contributed by atoms with Gasteiger partial charge in [0.2, 0.25) is 0 Å². The van der Waals surface area contributed by atoms with Crippen LogP contribution in [-0.4, -0.2) is 73.3 Å². The van der Waals surface area contributed by atoms with E-state index in [1.807, 2.05) is 30.6 Å². The molecule has 40 heavy (non-hydrogen) atoms. The van der Waals surface area contributed by atoms with Crippen LogP contribution in [0.4, 0.5) is 17.6 Å². The zero-order chi connectivity index (χ0) is 28.9. The molecule has 210 valence electrons. The van der Waals surface area contributed by atoms with Gasteiger partial charge in [-0.15, -0.1) is 0 Å². The van der Waals surface area contributed by atoms with Crippen molar-refractivity contribution in [3.8, 4) is 16.8 Å². The molecule has 1 aliphatic heterocycles. The lowest BCUT2D eigenvalue weighted by atomic mass is 10.0. The Morgan fingerprint density at radius 1 is 1.12 bits per heavy atom. The van der Waals surface area contributed by atoms with Crippen molar-refractivity contribution in [2.45, 2.75) is 25.7 Å². The van der Waals surface area contributed by atoms with Crippen LogP contribution < -0.4 is 5.69 Å². The van der Waals surface area contributed by atoms with Gasteiger partial charge in [-0.1, -0.05) is 6.58 Å². The fourth-order valence-electron chi connectivity index (χ4n) is 4.91. The zero-order valence-electron chi connectivity index (χ0n) is 22.1. The van der Waals surface area contributed by atoms with Crippen LogP contribution in [0.25, 0.3) is 28.0 Å². The number of carbonyl (C=O) groups excluding carboxylic acids is 1. The number of hydrogen-bond acceptors (Lipinski definition) is 5. The SMILES string of the molecule is C=C(F)C(=O)N1CC(n2c(=O)n(-c3ccc(C(F)(F)F)cc3)c3nccc(-c4cnn(CCN(C)C)c4C)c32)C1. The lowest BCUT2D eigenvalue weighted by Crippen LogP contribution is -2.52. The number of likely N-dealkylation sites (tertiary alicyclic amines) is 1. The number of benzene rings is 1. The van der Waals surface area contributed by atoms with Crippen LogP contribution in [0.5, 0.6) is 0 Å². The first-order chi connectivity index (χ1) is 18.9. The summed E-state index contributed by atoms with van der Waals surface area (Å²) in [5, 5.41) is 4.52. The molecule has 1 amide bonds. The number of pyridine rings is 1. The van der Waals surface area contributed by atoms with Gasteiger partial charge in [0.25, 0.3) is 5.91 Å². The molecule has 0 atom stereocenters. The van der Waals surface area contributed by atoms with Gasteiger partial charge in [-0.25, -0.2) is 18.7 Å². The monoisotopic (exact) mass is 557 g/mol. The Labute approximate surface area is 226 Å². The number of amides is 1. The fraction of sp³-hybridized carbons (Fsp3) is 0.333. The maximum atomic E-state index is 13.9. The van der Waals surface area contributed by atoms with Crippen molar-refractivity contribution in [2.75, 3.05) is 33.7 Å². The number of nitrogens with zero attached hydrogens (tertiary/aromatic N) is 7. The number of fused-ring (bicyclic) bond motifs is 1. The maximum Gasteiger partial charge on any atom is 0.416 e. The predicted octanol–water partition coefficient (Wildman–Crippen LogP) is 3.81. The van der Waals surface area contributed by atoms with Crippen molar-refractivity contribution in [2.24, 2.45) is 0 Å². The minimum atomic E-state index is -4.53. The molecule has 1 aromatic carbocycles. The average molecular weight is 558 g/mol. The third-order valence-electron chi connectivity index (χ3n) is 7.11. The van der Waals surface area contributed by atoms with Gasteiger partial charge < -0.3 is 9.80 Å². The summed E-state index contributed by atoms with van der Waals surface area (Å²) >= 11 is 0. The van der Waals surface area contributed by atoms with Crippen LogP contribution in [0.3, 0.4) is 0 Å². The van der Waals surface area contributed by atoms with E-state index in [2.05, 4.69) is 16.7 Å². The van der Waals surface area contributed by atoms with E-state index in [4.69, 9.17) is 0 Å². The van der Waals surface area contributed by atoms with Gasteiger partial charge in [0.05, 0.1) is 35.6 Å². The molecule has 0 bridgehead atoms. The molecule has 0 N–H and O–H groups in total. The molecule has 5 rings (SSSR count). The lowest BCUT2D eigenvalue weighted by molar-refractivity contribution is -0.137. The molecular formula is C27H27F4N7O2. The van der Waals surface area contributed by atoms with Crippen molar-refractivity contribution in [3.05, 3.63) is 76.9 Å². The third-order valence-corrected chi connectivity index (χ3v) is 7.11. The molecule has 1 fully saturated rings. The number of rotatable bonds is 7. The summed E-state index contributed by atoms with van der Waals surface area (Å²) in [6.45, 7) is 6.48. The number of hydrogen-bond donors (Lipinski definition) is 0. The van der Waals surface area contributed by atoms with E-state index in [1.165, 1.54) is 32.4 Å². The molecule has 3 aromatic heterocycles. The molecule has 1 saturated heterocycles. The van der Waals surface area contributed by atoms with Gasteiger partial charge in [-0.2, -0.15) is 18.3 Å². The Morgan fingerprint density at radius 2 is 1.80 bits per heavy atom. The molecule has 4 aromatic rings. The molecule has 0 unspecified atom stereocenters. The average Bonchev–Trinajstić information content (AvgIpc) is 3.38. The number of carbonyl (C=O) groups is 1. The largest absolute Gasteiger partial charge is 0.416 e. The minimum absolute atomic E-state index is 0.0587. The molecule has 13 heteroatoms. The van der Waals surface area contributed by atoms with E-state index in [0.29, 0.717) is 17.6 Å². The van der Waals surface area contributed by atoms with E-state index >= 15 is 0 Å². The topological polar surface area (TPSA) is 81.2 Å². The number of imidazole rings is 1. The number of halogens is 4. The van der Waals surface area contributed by atoms with Crippen molar-refractivity contribution >= 4 is 17.1 Å². The van der Waals surface area contributed by atoms with Crippen molar-refractivity contribution in [3.63, 3.8) is 0 Å². The number of aromatic nitrogens is 5. The van der Waals surface area contributed by atoms with Gasteiger partial charge in [0, 0.05) is 42.7 Å². The van der Waals surface area contributed by atoms with E-state index in [-0.39, 0.29) is 24.4 Å². The summed E-state index contributed by atoms with van der Waals surface area (Å²) in [7, 11) is 3.92. The molecular weight excluding hydrogens is 530 g/mol. The fourth-order valence-corrected chi connectivity index (χ4v) is 4.91. The van der Waals surface area contributed by atoms with Crippen LogP contribution in [-0.2, 0) is 17.5 Å². The Hall–Kier alpha value is -4.26.